The molecule has 1 fully saturated rings. The van der Waals surface area contributed by atoms with Crippen molar-refractivity contribution in [2.75, 3.05) is 19.7 Å². The summed E-state index contributed by atoms with van der Waals surface area (Å²) in [5.74, 6) is -0.146. The number of hydrogen-bond acceptors (Lipinski definition) is 5. The van der Waals surface area contributed by atoms with Crippen LogP contribution in [0.5, 0.6) is 0 Å². The molecule has 4 rings (SSSR count). The summed E-state index contributed by atoms with van der Waals surface area (Å²) in [4.78, 5) is 40.1. The van der Waals surface area contributed by atoms with E-state index in [0.29, 0.717) is 31.7 Å². The minimum atomic E-state index is -1.70. The predicted octanol–water partition coefficient (Wildman–Crippen LogP) is 4.01. The van der Waals surface area contributed by atoms with E-state index >= 15 is 0 Å². The maximum atomic E-state index is 13.5. The SMILES string of the molecule is [CH3][In]1[CH]=CC(C(=O)OCC2CCN(C(=O)[C@H](Cc3ccccc3)NC(=O)OCc3ccccc3)CC2)=[CH]1. The Hall–Kier alpha value is -3.00. The molecule has 2 aromatic rings. The van der Waals surface area contributed by atoms with Crippen LogP contribution in [0, 0.1) is 5.92 Å². The van der Waals surface area contributed by atoms with Crippen molar-refractivity contribution in [1.29, 1.82) is 0 Å². The zero-order chi connectivity index (χ0) is 26.0. The van der Waals surface area contributed by atoms with E-state index in [1.54, 1.807) is 4.90 Å². The molecule has 37 heavy (non-hydrogen) atoms. The van der Waals surface area contributed by atoms with Gasteiger partial charge in [0.25, 0.3) is 0 Å². The maximum absolute atomic E-state index is 13.5. The van der Waals surface area contributed by atoms with Gasteiger partial charge in [0.15, 0.2) is 0 Å². The number of benzene rings is 2. The normalized spacial score (nSPS) is 16.2. The Balaban J connectivity index is 1.29. The summed E-state index contributed by atoms with van der Waals surface area (Å²) in [5, 5.41) is 2.79. The van der Waals surface area contributed by atoms with Crippen LogP contribution in [0.2, 0.25) is 4.68 Å². The quantitative estimate of drug-likeness (QED) is 0.438. The van der Waals surface area contributed by atoms with Crippen molar-refractivity contribution in [2.45, 2.75) is 36.6 Å². The van der Waals surface area contributed by atoms with E-state index in [1.807, 2.05) is 66.7 Å². The molecular formula is C29H33InN2O5. The van der Waals surface area contributed by atoms with Gasteiger partial charge in [-0.3, -0.25) is 0 Å². The average molecular weight is 604 g/mol. The van der Waals surface area contributed by atoms with Crippen molar-refractivity contribution < 1.29 is 23.9 Å². The molecule has 2 amide bonds. The van der Waals surface area contributed by atoms with Gasteiger partial charge in [0.1, 0.15) is 6.61 Å². The van der Waals surface area contributed by atoms with Crippen LogP contribution >= 0.6 is 0 Å². The molecule has 1 N–H and O–H groups in total. The number of ether oxygens (including phenoxy) is 2. The summed E-state index contributed by atoms with van der Waals surface area (Å²) in [6.07, 6.45) is 3.16. The molecule has 8 heteroatoms. The number of hydrogen-bond donors (Lipinski definition) is 1. The van der Waals surface area contributed by atoms with Crippen LogP contribution in [0.15, 0.2) is 80.0 Å². The number of amides is 2. The third kappa shape index (κ3) is 8.25. The van der Waals surface area contributed by atoms with Crippen molar-refractivity contribution in [3.63, 3.8) is 0 Å². The third-order valence-electron chi connectivity index (χ3n) is 6.72. The number of nitrogens with one attached hydrogen (secondary N) is 1. The molecule has 0 aromatic heterocycles. The first-order valence-corrected chi connectivity index (χ1v) is 19.9. The molecule has 7 nitrogen and oxygen atoms in total. The Morgan fingerprint density at radius 2 is 1.62 bits per heavy atom. The molecule has 2 heterocycles. The number of carbonyl (C=O) groups is 3. The molecule has 1 atom stereocenters. The van der Waals surface area contributed by atoms with Crippen LogP contribution in [-0.2, 0) is 32.1 Å². The summed E-state index contributed by atoms with van der Waals surface area (Å²) >= 11 is -1.70. The average Bonchev–Trinajstić information content (AvgIpc) is 3.37. The molecule has 0 aliphatic carbocycles. The number of rotatable bonds is 9. The molecule has 192 valence electrons. The fourth-order valence-corrected chi connectivity index (χ4v) is 8.66. The summed E-state index contributed by atoms with van der Waals surface area (Å²) in [6, 6.07) is 18.3. The molecule has 2 aliphatic rings. The molecule has 0 bridgehead atoms. The molecular weight excluding hydrogens is 571 g/mol. The van der Waals surface area contributed by atoms with Crippen LogP contribution in [0.4, 0.5) is 4.79 Å². The van der Waals surface area contributed by atoms with E-state index in [1.165, 1.54) is 0 Å². The van der Waals surface area contributed by atoms with E-state index in [0.717, 1.165) is 24.0 Å². The van der Waals surface area contributed by atoms with Crippen molar-refractivity contribution in [3.05, 3.63) is 91.1 Å². The van der Waals surface area contributed by atoms with Gasteiger partial charge in [0.05, 0.1) is 0 Å². The molecule has 0 saturated carbocycles. The van der Waals surface area contributed by atoms with Gasteiger partial charge in [-0.1, -0.05) is 60.7 Å². The molecule has 0 radical (unpaired) electrons. The standard InChI is InChI=1S/C28H30N2O5.CH3.In/c1-3-21(2)27(32)34-19-24-14-16-30(17-15-24)26(31)25(18-22-10-6-4-7-11-22)29-28(33)35-20-23-12-8-5-9-13-23;;/h1-13,24-25H,14-20H2,(H,29,33);1H3;/t25-;;/m0../s1. The van der Waals surface area contributed by atoms with Gasteiger partial charge < -0.3 is 4.74 Å². The third-order valence-corrected chi connectivity index (χ3v) is 11.5. The Bertz CT molecular complexity index is 1130. The van der Waals surface area contributed by atoms with Gasteiger partial charge >= 0.3 is 139 Å². The van der Waals surface area contributed by atoms with Gasteiger partial charge in [0, 0.05) is 0 Å². The first-order chi connectivity index (χ1) is 18.0. The number of piperidine rings is 1. The number of carbonyl (C=O) groups excluding carboxylic acids is 3. The van der Waals surface area contributed by atoms with Gasteiger partial charge in [-0.15, -0.1) is 0 Å². The zero-order valence-corrected chi connectivity index (χ0v) is 24.5. The summed E-state index contributed by atoms with van der Waals surface area (Å²) < 4.78 is 17.4. The second-order valence-corrected chi connectivity index (χ2v) is 16.6. The Morgan fingerprint density at radius 1 is 0.973 bits per heavy atom. The van der Waals surface area contributed by atoms with E-state index < -0.39 is 33.6 Å². The van der Waals surface area contributed by atoms with Crippen molar-refractivity contribution in [1.82, 2.24) is 10.2 Å². The van der Waals surface area contributed by atoms with Crippen LogP contribution in [0.1, 0.15) is 24.0 Å². The Morgan fingerprint density at radius 3 is 2.24 bits per heavy atom. The van der Waals surface area contributed by atoms with Crippen molar-refractivity contribution in [3.8, 4) is 0 Å². The van der Waals surface area contributed by atoms with Crippen LogP contribution < -0.4 is 5.32 Å². The summed E-state index contributed by atoms with van der Waals surface area (Å²) in [5.41, 5.74) is 2.54. The zero-order valence-electron chi connectivity index (χ0n) is 21.2. The fourth-order valence-electron chi connectivity index (χ4n) is 4.56. The summed E-state index contributed by atoms with van der Waals surface area (Å²) in [6.45, 7) is 1.62. The minimum absolute atomic E-state index is 0.126. The number of nitrogens with zero attached hydrogens (tertiary/aromatic N) is 1. The molecule has 2 aromatic carbocycles. The second kappa shape index (κ2) is 13.5. The van der Waals surface area contributed by atoms with E-state index in [4.69, 9.17) is 9.47 Å². The van der Waals surface area contributed by atoms with Gasteiger partial charge in [-0.25, -0.2) is 4.79 Å². The van der Waals surface area contributed by atoms with Crippen LogP contribution in [-0.4, -0.2) is 70.0 Å². The number of alkyl carbamates (subject to hydrolysis) is 1. The molecule has 0 spiro atoms. The second-order valence-electron chi connectivity index (χ2n) is 9.66. The number of esters is 1. The van der Waals surface area contributed by atoms with Gasteiger partial charge in [-0.05, 0) is 11.1 Å². The first-order valence-electron chi connectivity index (χ1n) is 12.8. The van der Waals surface area contributed by atoms with Gasteiger partial charge in [-0.2, -0.15) is 0 Å². The van der Waals surface area contributed by atoms with E-state index in [-0.39, 0.29) is 24.4 Å². The Labute approximate surface area is 226 Å². The molecule has 0 unspecified atom stereocenters. The monoisotopic (exact) mass is 604 g/mol. The molecule has 2 aliphatic heterocycles. The van der Waals surface area contributed by atoms with E-state index in [2.05, 4.69) is 17.7 Å². The van der Waals surface area contributed by atoms with Crippen LogP contribution in [0.25, 0.3) is 0 Å². The van der Waals surface area contributed by atoms with E-state index in [9.17, 15) is 14.4 Å². The molecule has 1 saturated heterocycles. The Kier molecular flexibility index (Phi) is 9.88. The van der Waals surface area contributed by atoms with Crippen molar-refractivity contribution >= 4 is 39.4 Å². The van der Waals surface area contributed by atoms with Crippen molar-refractivity contribution in [2.24, 2.45) is 5.92 Å². The first kappa shape index (κ1) is 27.0. The van der Waals surface area contributed by atoms with Crippen LogP contribution in [0.3, 0.4) is 0 Å². The number of likely N-dealkylation sites (tertiary alicyclic amines) is 1. The topological polar surface area (TPSA) is 84.9 Å². The fraction of sp³-hybridized carbons (Fsp3) is 0.345. The van der Waals surface area contributed by atoms with Gasteiger partial charge in [0.2, 0.25) is 0 Å². The predicted molar refractivity (Wildman–Crippen MR) is 143 cm³/mol. The summed E-state index contributed by atoms with van der Waals surface area (Å²) in [7, 11) is 0.